The van der Waals surface area contributed by atoms with Gasteiger partial charge in [-0.15, -0.1) is 0 Å². The first-order valence-electron chi connectivity index (χ1n) is 5.68. The van der Waals surface area contributed by atoms with E-state index in [1.807, 2.05) is 0 Å². The van der Waals surface area contributed by atoms with E-state index in [0.717, 1.165) is 6.20 Å². The van der Waals surface area contributed by atoms with Gasteiger partial charge in [-0.3, -0.25) is 5.10 Å². The van der Waals surface area contributed by atoms with E-state index in [0.29, 0.717) is 13.0 Å². The number of sulfonamides is 1. The van der Waals surface area contributed by atoms with E-state index in [2.05, 4.69) is 14.9 Å². The Kier molecular flexibility index (Phi) is 3.37. The van der Waals surface area contributed by atoms with Crippen LogP contribution in [0.2, 0.25) is 0 Å². The first kappa shape index (κ1) is 14.0. The highest BCUT2D eigenvalue weighted by molar-refractivity contribution is 7.89. The van der Waals surface area contributed by atoms with Gasteiger partial charge in [0.25, 0.3) is 10.0 Å². The summed E-state index contributed by atoms with van der Waals surface area (Å²) in [6, 6.07) is 0. The molecule has 1 aromatic rings. The molecule has 2 heterocycles. The third-order valence-corrected chi connectivity index (χ3v) is 4.94. The van der Waals surface area contributed by atoms with E-state index in [-0.39, 0.29) is 11.7 Å². The van der Waals surface area contributed by atoms with E-state index in [1.54, 1.807) is 13.8 Å². The number of carbonyl (C=O) groups is 1. The minimum absolute atomic E-state index is 0.293. The molecule has 106 valence electrons. The Labute approximate surface area is 110 Å². The van der Waals surface area contributed by atoms with Crippen LogP contribution in [0, 0.1) is 0 Å². The van der Waals surface area contributed by atoms with Crippen LogP contribution in [0.15, 0.2) is 11.2 Å². The highest BCUT2D eigenvalue weighted by atomic mass is 32.2. The Morgan fingerprint density at radius 1 is 1.68 bits per heavy atom. The lowest BCUT2D eigenvalue weighted by molar-refractivity contribution is 0.0692. The quantitative estimate of drug-likeness (QED) is 0.714. The van der Waals surface area contributed by atoms with Gasteiger partial charge in [0.05, 0.1) is 17.8 Å². The van der Waals surface area contributed by atoms with Gasteiger partial charge in [0.15, 0.2) is 5.03 Å². The summed E-state index contributed by atoms with van der Waals surface area (Å²) in [7, 11) is -4.00. The van der Waals surface area contributed by atoms with Crippen molar-refractivity contribution >= 4 is 16.0 Å². The molecule has 19 heavy (non-hydrogen) atoms. The summed E-state index contributed by atoms with van der Waals surface area (Å²) in [6.07, 6.45) is 1.19. The summed E-state index contributed by atoms with van der Waals surface area (Å²) in [5.41, 5.74) is -1.15. The number of nitrogens with one attached hydrogen (secondary N) is 2. The predicted molar refractivity (Wildman–Crippen MR) is 64.3 cm³/mol. The Morgan fingerprint density at radius 3 is 2.89 bits per heavy atom. The van der Waals surface area contributed by atoms with Crippen molar-refractivity contribution in [2.75, 3.05) is 6.61 Å². The van der Waals surface area contributed by atoms with Crippen LogP contribution in [-0.2, 0) is 14.8 Å². The number of hydrogen-bond acceptors (Lipinski definition) is 5. The van der Waals surface area contributed by atoms with Gasteiger partial charge >= 0.3 is 5.97 Å². The summed E-state index contributed by atoms with van der Waals surface area (Å²) in [4.78, 5) is 10.9. The lowest BCUT2D eigenvalue weighted by Gasteiger charge is -2.28. The third kappa shape index (κ3) is 2.48. The molecule has 0 bridgehead atoms. The average Bonchev–Trinajstić information content (AvgIpc) is 2.87. The zero-order valence-corrected chi connectivity index (χ0v) is 11.3. The summed E-state index contributed by atoms with van der Waals surface area (Å²) in [6.45, 7) is 3.94. The molecule has 1 saturated heterocycles. The van der Waals surface area contributed by atoms with Crippen LogP contribution in [0.25, 0.3) is 0 Å². The molecular weight excluding hydrogens is 274 g/mol. The molecule has 0 amide bonds. The first-order chi connectivity index (χ1) is 8.76. The summed E-state index contributed by atoms with van der Waals surface area (Å²) >= 11 is 0. The minimum atomic E-state index is -4.00. The monoisotopic (exact) mass is 289 g/mol. The van der Waals surface area contributed by atoms with E-state index in [9.17, 15) is 13.2 Å². The SMILES string of the molecule is CC1OCCC1(C)NS(=O)(=O)c1[nH]ncc1C(=O)O. The number of nitrogens with zero attached hydrogens (tertiary/aromatic N) is 1. The van der Waals surface area contributed by atoms with Gasteiger partial charge in [0, 0.05) is 6.61 Å². The number of H-pyrrole nitrogens is 1. The summed E-state index contributed by atoms with van der Waals surface area (Å²) in [5.74, 6) is -1.35. The zero-order chi connectivity index (χ0) is 14.3. The fourth-order valence-corrected chi connectivity index (χ4v) is 3.54. The van der Waals surface area contributed by atoms with Crippen molar-refractivity contribution in [1.29, 1.82) is 0 Å². The molecule has 0 aliphatic carbocycles. The van der Waals surface area contributed by atoms with Gasteiger partial charge in [0.1, 0.15) is 5.56 Å². The molecule has 2 unspecified atom stereocenters. The maximum absolute atomic E-state index is 12.2. The normalized spacial score (nSPS) is 27.6. The molecule has 2 rings (SSSR count). The number of carboxylic acid groups (broad SMARTS) is 1. The molecule has 8 nitrogen and oxygen atoms in total. The maximum Gasteiger partial charge on any atom is 0.340 e. The molecular formula is C10H15N3O5S. The van der Waals surface area contributed by atoms with E-state index >= 15 is 0 Å². The fraction of sp³-hybridized carbons (Fsp3) is 0.600. The average molecular weight is 289 g/mol. The van der Waals surface area contributed by atoms with Gasteiger partial charge in [0.2, 0.25) is 0 Å². The van der Waals surface area contributed by atoms with Crippen molar-refractivity contribution < 1.29 is 23.1 Å². The zero-order valence-electron chi connectivity index (χ0n) is 10.5. The van der Waals surface area contributed by atoms with Crippen molar-refractivity contribution in [3.63, 3.8) is 0 Å². The van der Waals surface area contributed by atoms with Crippen LogP contribution in [0.5, 0.6) is 0 Å². The Bertz CT molecular complexity index is 596. The number of ether oxygens (including phenoxy) is 1. The Balaban J connectivity index is 2.33. The molecule has 1 aliphatic rings. The Morgan fingerprint density at radius 2 is 2.37 bits per heavy atom. The van der Waals surface area contributed by atoms with E-state index < -0.39 is 26.6 Å². The largest absolute Gasteiger partial charge is 0.478 e. The number of aromatic amines is 1. The molecule has 3 N–H and O–H groups in total. The van der Waals surface area contributed by atoms with Crippen LogP contribution >= 0.6 is 0 Å². The van der Waals surface area contributed by atoms with Crippen LogP contribution < -0.4 is 4.72 Å². The molecule has 0 saturated carbocycles. The second kappa shape index (κ2) is 4.58. The highest BCUT2D eigenvalue weighted by Gasteiger charge is 2.41. The molecule has 9 heteroatoms. The fourth-order valence-electron chi connectivity index (χ4n) is 1.96. The lowest BCUT2D eigenvalue weighted by atomic mass is 9.97. The minimum Gasteiger partial charge on any atom is -0.478 e. The van der Waals surface area contributed by atoms with Crippen molar-refractivity contribution in [2.45, 2.75) is 36.9 Å². The van der Waals surface area contributed by atoms with Gasteiger partial charge in [-0.2, -0.15) is 5.10 Å². The lowest BCUT2D eigenvalue weighted by Crippen LogP contribution is -2.50. The van der Waals surface area contributed by atoms with Crippen LogP contribution in [-0.4, -0.2) is 47.9 Å². The van der Waals surface area contributed by atoms with Gasteiger partial charge in [-0.1, -0.05) is 0 Å². The number of carboxylic acids is 1. The van der Waals surface area contributed by atoms with Gasteiger partial charge in [-0.25, -0.2) is 17.9 Å². The molecule has 0 aromatic carbocycles. The van der Waals surface area contributed by atoms with Crippen LogP contribution in [0.4, 0.5) is 0 Å². The van der Waals surface area contributed by atoms with Gasteiger partial charge in [-0.05, 0) is 20.3 Å². The summed E-state index contributed by atoms with van der Waals surface area (Å²) < 4.78 is 32.3. The highest BCUT2D eigenvalue weighted by Crippen LogP contribution is 2.27. The molecule has 1 aliphatic heterocycles. The number of hydrogen-bond donors (Lipinski definition) is 3. The second-order valence-corrected chi connectivity index (χ2v) is 6.32. The predicted octanol–water partition coefficient (Wildman–Crippen LogP) is -0.0463. The second-order valence-electron chi connectivity index (χ2n) is 4.70. The van der Waals surface area contributed by atoms with E-state index in [1.165, 1.54) is 0 Å². The maximum atomic E-state index is 12.2. The number of rotatable bonds is 4. The topological polar surface area (TPSA) is 121 Å². The van der Waals surface area contributed by atoms with Crippen molar-refractivity contribution in [1.82, 2.24) is 14.9 Å². The molecule has 2 atom stereocenters. The third-order valence-electron chi connectivity index (χ3n) is 3.36. The van der Waals surface area contributed by atoms with Crippen LogP contribution in [0.3, 0.4) is 0 Å². The smallest absolute Gasteiger partial charge is 0.340 e. The van der Waals surface area contributed by atoms with Crippen molar-refractivity contribution in [3.8, 4) is 0 Å². The molecule has 0 spiro atoms. The Hall–Kier alpha value is -1.45. The molecule has 1 aromatic heterocycles. The first-order valence-corrected chi connectivity index (χ1v) is 7.17. The number of aromatic carboxylic acids is 1. The standard InChI is InChI=1S/C10H15N3O5S/c1-6-10(2,3-4-18-6)13-19(16,17)8-7(9(14)15)5-11-12-8/h5-6,13H,3-4H2,1-2H3,(H,11,12)(H,14,15). The number of aromatic nitrogens is 2. The van der Waals surface area contributed by atoms with E-state index in [4.69, 9.17) is 9.84 Å². The molecule has 1 fully saturated rings. The van der Waals surface area contributed by atoms with Crippen molar-refractivity contribution in [2.24, 2.45) is 0 Å². The van der Waals surface area contributed by atoms with Crippen molar-refractivity contribution in [3.05, 3.63) is 11.8 Å². The summed E-state index contributed by atoms with van der Waals surface area (Å²) in [5, 5.41) is 14.2. The van der Waals surface area contributed by atoms with Crippen LogP contribution in [0.1, 0.15) is 30.6 Å². The van der Waals surface area contributed by atoms with Gasteiger partial charge < -0.3 is 9.84 Å². The molecule has 0 radical (unpaired) electrons.